The molecular formula is C15H16O. The Hall–Kier alpha value is -1.86. The van der Waals surface area contributed by atoms with Crippen LogP contribution in [0.5, 0.6) is 5.75 Å². The molecule has 0 amide bonds. The molecule has 0 spiro atoms. The molecule has 0 aliphatic rings. The number of unbranched alkanes of at least 4 members (excludes halogenated alkanes) is 3. The van der Waals surface area contributed by atoms with E-state index in [0.29, 0.717) is 5.75 Å². The van der Waals surface area contributed by atoms with Crippen molar-refractivity contribution in [3.63, 3.8) is 0 Å². The number of terminal acetylenes is 1. The number of ether oxygens (including phenoxy) is 1. The Bertz CT molecular complexity index is 415. The topological polar surface area (TPSA) is 9.23 Å². The standard InChI is InChI=1S/C15H16O/c1-3-5-6-7-8-11-14-12-9-10-13-15(14)16-4-2/h2,9-10,12-13H,3,5-7H2,1H3. The molecule has 0 saturated carbocycles. The highest BCUT2D eigenvalue weighted by Gasteiger charge is 1.97. The normalized spacial score (nSPS) is 8.75. The molecule has 16 heavy (non-hydrogen) atoms. The lowest BCUT2D eigenvalue weighted by Gasteiger charge is -1.99. The van der Waals surface area contributed by atoms with Crippen molar-refractivity contribution in [1.29, 1.82) is 0 Å². The van der Waals surface area contributed by atoms with Gasteiger partial charge in [-0.15, -0.1) is 0 Å². The second kappa shape index (κ2) is 7.43. The molecule has 0 fully saturated rings. The predicted octanol–water partition coefficient (Wildman–Crippen LogP) is 3.59. The highest BCUT2D eigenvalue weighted by Crippen LogP contribution is 2.16. The van der Waals surface area contributed by atoms with E-state index >= 15 is 0 Å². The molecule has 82 valence electrons. The van der Waals surface area contributed by atoms with E-state index in [0.717, 1.165) is 18.4 Å². The van der Waals surface area contributed by atoms with Gasteiger partial charge in [-0.1, -0.05) is 50.2 Å². The summed E-state index contributed by atoms with van der Waals surface area (Å²) in [6.45, 7) is 2.18. The van der Waals surface area contributed by atoms with Gasteiger partial charge in [-0.25, -0.2) is 0 Å². The van der Waals surface area contributed by atoms with E-state index in [1.54, 1.807) is 0 Å². The quantitative estimate of drug-likeness (QED) is 0.547. The van der Waals surface area contributed by atoms with E-state index in [1.165, 1.54) is 12.8 Å². The van der Waals surface area contributed by atoms with Gasteiger partial charge < -0.3 is 4.74 Å². The summed E-state index contributed by atoms with van der Waals surface area (Å²) in [7, 11) is 0. The van der Waals surface area contributed by atoms with Crippen LogP contribution < -0.4 is 4.74 Å². The zero-order chi connectivity index (χ0) is 11.6. The van der Waals surface area contributed by atoms with E-state index in [4.69, 9.17) is 11.2 Å². The molecule has 0 heterocycles. The lowest BCUT2D eigenvalue weighted by molar-refractivity contribution is 0.519. The van der Waals surface area contributed by atoms with Crippen molar-refractivity contribution in [2.24, 2.45) is 0 Å². The van der Waals surface area contributed by atoms with Gasteiger partial charge in [0, 0.05) is 6.42 Å². The molecule has 1 nitrogen and oxygen atoms in total. The summed E-state index contributed by atoms with van der Waals surface area (Å²) < 4.78 is 5.04. The highest BCUT2D eigenvalue weighted by atomic mass is 16.5. The van der Waals surface area contributed by atoms with Crippen molar-refractivity contribution in [3.05, 3.63) is 29.8 Å². The first-order valence-electron chi connectivity index (χ1n) is 5.58. The SMILES string of the molecule is C#COc1ccccc1C#CCCCCC. The summed E-state index contributed by atoms with van der Waals surface area (Å²) in [6, 6.07) is 7.56. The van der Waals surface area contributed by atoms with E-state index in [1.807, 2.05) is 24.3 Å². The first kappa shape index (κ1) is 12.2. The molecular weight excluding hydrogens is 196 g/mol. The average molecular weight is 212 g/mol. The Morgan fingerprint density at radius 1 is 1.25 bits per heavy atom. The van der Waals surface area contributed by atoms with Crippen LogP contribution >= 0.6 is 0 Å². The largest absolute Gasteiger partial charge is 0.407 e. The van der Waals surface area contributed by atoms with Crippen LogP contribution in [0.3, 0.4) is 0 Å². The molecule has 0 radical (unpaired) electrons. The Morgan fingerprint density at radius 2 is 2.06 bits per heavy atom. The van der Waals surface area contributed by atoms with Crippen molar-refractivity contribution in [2.75, 3.05) is 0 Å². The van der Waals surface area contributed by atoms with Gasteiger partial charge in [-0.05, 0) is 18.6 Å². The molecule has 0 aliphatic carbocycles. The molecule has 0 unspecified atom stereocenters. The predicted molar refractivity (Wildman–Crippen MR) is 66.9 cm³/mol. The van der Waals surface area contributed by atoms with Gasteiger partial charge in [0.2, 0.25) is 0 Å². The van der Waals surface area contributed by atoms with Crippen LogP contribution in [-0.4, -0.2) is 0 Å². The van der Waals surface area contributed by atoms with E-state index < -0.39 is 0 Å². The minimum absolute atomic E-state index is 0.660. The summed E-state index contributed by atoms with van der Waals surface area (Å²) >= 11 is 0. The maximum absolute atomic E-state index is 5.10. The van der Waals surface area contributed by atoms with Crippen LogP contribution in [0.1, 0.15) is 38.2 Å². The first-order valence-corrected chi connectivity index (χ1v) is 5.58. The summed E-state index contributed by atoms with van der Waals surface area (Å²) in [5.74, 6) is 6.88. The summed E-state index contributed by atoms with van der Waals surface area (Å²) in [4.78, 5) is 0. The van der Waals surface area contributed by atoms with Gasteiger partial charge in [-0.3, -0.25) is 0 Å². The summed E-state index contributed by atoms with van der Waals surface area (Å²) in [5, 5.41) is 0. The molecule has 0 N–H and O–H groups in total. The maximum atomic E-state index is 5.10. The van der Waals surface area contributed by atoms with Crippen LogP contribution in [0, 0.1) is 24.4 Å². The Balaban J connectivity index is 2.62. The van der Waals surface area contributed by atoms with Crippen molar-refractivity contribution in [1.82, 2.24) is 0 Å². The number of hydrogen-bond donors (Lipinski definition) is 0. The second-order valence-electron chi connectivity index (χ2n) is 3.47. The van der Waals surface area contributed by atoms with Gasteiger partial charge in [0.05, 0.1) is 5.56 Å². The minimum atomic E-state index is 0.660. The second-order valence-corrected chi connectivity index (χ2v) is 3.47. The lowest BCUT2D eigenvalue weighted by atomic mass is 10.1. The third-order valence-corrected chi connectivity index (χ3v) is 2.18. The van der Waals surface area contributed by atoms with Crippen molar-refractivity contribution in [2.45, 2.75) is 32.6 Å². The number of rotatable bonds is 4. The van der Waals surface area contributed by atoms with Crippen LogP contribution in [-0.2, 0) is 0 Å². The fraction of sp³-hybridized carbons (Fsp3) is 0.333. The van der Waals surface area contributed by atoms with Gasteiger partial charge in [-0.2, -0.15) is 0 Å². The minimum Gasteiger partial charge on any atom is -0.407 e. The van der Waals surface area contributed by atoms with Crippen molar-refractivity contribution >= 4 is 0 Å². The fourth-order valence-corrected chi connectivity index (χ4v) is 1.34. The first-order chi connectivity index (χ1) is 7.88. The fourth-order valence-electron chi connectivity index (χ4n) is 1.34. The zero-order valence-corrected chi connectivity index (χ0v) is 9.62. The van der Waals surface area contributed by atoms with Crippen LogP contribution in [0.15, 0.2) is 24.3 Å². The maximum Gasteiger partial charge on any atom is 0.155 e. The van der Waals surface area contributed by atoms with E-state index in [-0.39, 0.29) is 0 Å². The number of hydrogen-bond acceptors (Lipinski definition) is 1. The molecule has 1 aromatic carbocycles. The smallest absolute Gasteiger partial charge is 0.155 e. The molecule has 1 aromatic rings. The lowest BCUT2D eigenvalue weighted by Crippen LogP contribution is -1.86. The van der Waals surface area contributed by atoms with Gasteiger partial charge in [0.25, 0.3) is 0 Å². The third kappa shape index (κ3) is 4.11. The molecule has 0 bridgehead atoms. The Labute approximate surface area is 97.8 Å². The van der Waals surface area contributed by atoms with Gasteiger partial charge in [0.15, 0.2) is 5.75 Å². The van der Waals surface area contributed by atoms with Gasteiger partial charge in [0.1, 0.15) is 6.11 Å². The highest BCUT2D eigenvalue weighted by molar-refractivity contribution is 5.46. The van der Waals surface area contributed by atoms with Crippen molar-refractivity contribution < 1.29 is 4.74 Å². The van der Waals surface area contributed by atoms with E-state index in [2.05, 4.69) is 24.9 Å². The molecule has 0 aliphatic heterocycles. The number of para-hydroxylation sites is 1. The number of benzene rings is 1. The average Bonchev–Trinajstić information content (AvgIpc) is 2.31. The molecule has 0 atom stereocenters. The Morgan fingerprint density at radius 3 is 2.81 bits per heavy atom. The summed E-state index contributed by atoms with van der Waals surface area (Å²) in [6.07, 6.45) is 11.8. The van der Waals surface area contributed by atoms with Crippen LogP contribution in [0.25, 0.3) is 0 Å². The molecule has 0 saturated heterocycles. The Kier molecular flexibility index (Phi) is 5.67. The zero-order valence-electron chi connectivity index (χ0n) is 9.62. The van der Waals surface area contributed by atoms with Crippen LogP contribution in [0.2, 0.25) is 0 Å². The third-order valence-electron chi connectivity index (χ3n) is 2.18. The van der Waals surface area contributed by atoms with Gasteiger partial charge >= 0.3 is 0 Å². The monoisotopic (exact) mass is 212 g/mol. The molecule has 1 heteroatoms. The van der Waals surface area contributed by atoms with Crippen LogP contribution in [0.4, 0.5) is 0 Å². The molecule has 1 rings (SSSR count). The van der Waals surface area contributed by atoms with E-state index in [9.17, 15) is 0 Å². The van der Waals surface area contributed by atoms with Crippen molar-refractivity contribution in [3.8, 4) is 30.1 Å². The summed E-state index contributed by atoms with van der Waals surface area (Å²) in [5.41, 5.74) is 0.858. The molecule has 0 aromatic heterocycles.